The van der Waals surface area contributed by atoms with Gasteiger partial charge in [-0.2, -0.15) is 0 Å². The molecule has 0 saturated heterocycles. The molecule has 3 rings (SSSR count). The summed E-state index contributed by atoms with van der Waals surface area (Å²) in [6.07, 6.45) is 3.51. The van der Waals surface area contributed by atoms with Crippen molar-refractivity contribution in [2.45, 2.75) is 64.1 Å². The first-order valence-corrected chi connectivity index (χ1v) is 13.7. The number of halogens is 2. The van der Waals surface area contributed by atoms with Crippen molar-refractivity contribution in [3.63, 3.8) is 0 Å². The first-order chi connectivity index (χ1) is 15.5. The fourth-order valence-corrected chi connectivity index (χ4v) is 6.13. The Bertz CT molecular complexity index is 1100. The molecular weight excluding hydrogens is 483 g/mol. The van der Waals surface area contributed by atoms with Crippen molar-refractivity contribution in [2.75, 3.05) is 10.6 Å². The van der Waals surface area contributed by atoms with Crippen LogP contribution in [0.25, 0.3) is 0 Å². The fourth-order valence-electron chi connectivity index (χ4n) is 4.42. The second-order valence-corrected chi connectivity index (χ2v) is 11.1. The predicted octanol–water partition coefficient (Wildman–Crippen LogP) is 5.74. The Kier molecular flexibility index (Phi) is 7.87. The molecular formula is C24H30Cl2N2O4S. The van der Waals surface area contributed by atoms with Gasteiger partial charge in [0.25, 0.3) is 0 Å². The molecule has 1 aliphatic rings. The van der Waals surface area contributed by atoms with Gasteiger partial charge in [-0.1, -0.05) is 62.2 Å². The van der Waals surface area contributed by atoms with Gasteiger partial charge >= 0.3 is 0 Å². The van der Waals surface area contributed by atoms with Crippen molar-refractivity contribution in [3.05, 3.63) is 58.1 Å². The maximum Gasteiger partial charge on any atom is 0.244 e. The summed E-state index contributed by atoms with van der Waals surface area (Å²) in [5.41, 5.74) is 0.737. The van der Waals surface area contributed by atoms with E-state index in [9.17, 15) is 13.2 Å². The van der Waals surface area contributed by atoms with E-state index in [2.05, 4.69) is 19.2 Å². The topological polar surface area (TPSA) is 75.7 Å². The number of nitrogens with zero attached hydrogens (tertiary/aromatic N) is 1. The van der Waals surface area contributed by atoms with Crippen molar-refractivity contribution in [2.24, 2.45) is 0 Å². The minimum absolute atomic E-state index is 0.251. The molecule has 6 nitrogen and oxygen atoms in total. The lowest BCUT2D eigenvalue weighted by atomic mass is 9.83. The number of anilines is 1. The monoisotopic (exact) mass is 512 g/mol. The molecule has 33 heavy (non-hydrogen) atoms. The van der Waals surface area contributed by atoms with Gasteiger partial charge in [-0.05, 0) is 43.5 Å². The van der Waals surface area contributed by atoms with Crippen LogP contribution in [0.4, 0.5) is 5.69 Å². The van der Waals surface area contributed by atoms with E-state index in [4.69, 9.17) is 27.9 Å². The molecule has 9 heteroatoms. The maximum atomic E-state index is 13.5. The lowest BCUT2D eigenvalue weighted by Crippen LogP contribution is -2.52. The number of ether oxygens (including phenoxy) is 1. The average Bonchev–Trinajstić information content (AvgIpc) is 2.75. The lowest BCUT2D eigenvalue weighted by molar-refractivity contribution is -0.123. The number of nitrogens with one attached hydrogen (secondary N) is 1. The number of sulfonamides is 1. The Morgan fingerprint density at radius 1 is 1.15 bits per heavy atom. The molecule has 1 N–H and O–H groups in total. The van der Waals surface area contributed by atoms with Crippen molar-refractivity contribution in [3.8, 4) is 5.75 Å². The van der Waals surface area contributed by atoms with Crippen LogP contribution in [-0.4, -0.2) is 32.2 Å². The molecule has 1 aliphatic heterocycles. The normalized spacial score (nSPS) is 18.1. The number of amides is 1. The number of benzene rings is 2. The van der Waals surface area contributed by atoms with Gasteiger partial charge in [0.2, 0.25) is 15.9 Å². The fraction of sp³-hybridized carbons (Fsp3) is 0.458. The highest BCUT2D eigenvalue weighted by molar-refractivity contribution is 7.92. The van der Waals surface area contributed by atoms with Gasteiger partial charge in [0.05, 0.1) is 18.0 Å². The zero-order valence-corrected chi connectivity index (χ0v) is 21.6. The van der Waals surface area contributed by atoms with E-state index in [1.807, 2.05) is 24.3 Å². The third-order valence-corrected chi connectivity index (χ3v) is 7.85. The maximum absolute atomic E-state index is 13.5. The van der Waals surface area contributed by atoms with E-state index in [-0.39, 0.29) is 34.1 Å². The molecule has 1 amide bonds. The number of rotatable bonds is 8. The molecule has 0 fully saturated rings. The summed E-state index contributed by atoms with van der Waals surface area (Å²) in [5, 5.41) is 3.68. The summed E-state index contributed by atoms with van der Waals surface area (Å²) >= 11 is 12.3. The Morgan fingerprint density at radius 2 is 1.76 bits per heavy atom. The first kappa shape index (κ1) is 25.7. The van der Waals surface area contributed by atoms with Crippen LogP contribution < -0.4 is 14.4 Å². The SMILES string of the molecule is CC[C@H](C(=O)N[C@H]1CC(CC)(CC)Oc2ccccc21)N(c1cc(Cl)cc(Cl)c1)S(C)(=O)=O. The van der Waals surface area contributed by atoms with Gasteiger partial charge in [0.1, 0.15) is 17.4 Å². The number of hydrogen-bond donors (Lipinski definition) is 1. The zero-order valence-electron chi connectivity index (χ0n) is 19.3. The second kappa shape index (κ2) is 10.1. The third kappa shape index (κ3) is 5.58. The van der Waals surface area contributed by atoms with Gasteiger partial charge < -0.3 is 10.1 Å². The van der Waals surface area contributed by atoms with Crippen LogP contribution >= 0.6 is 23.2 Å². The summed E-state index contributed by atoms with van der Waals surface area (Å²) in [7, 11) is -3.81. The van der Waals surface area contributed by atoms with Crippen molar-refractivity contribution < 1.29 is 17.9 Å². The Hall–Kier alpha value is -1.96. The largest absolute Gasteiger partial charge is 0.487 e. The zero-order chi connectivity index (χ0) is 24.4. The van der Waals surface area contributed by atoms with Crippen LogP contribution in [0.2, 0.25) is 10.0 Å². The minimum atomic E-state index is -3.81. The molecule has 0 unspecified atom stereocenters. The molecule has 180 valence electrons. The van der Waals surface area contributed by atoms with E-state index >= 15 is 0 Å². The van der Waals surface area contributed by atoms with Crippen LogP contribution in [0.3, 0.4) is 0 Å². The Morgan fingerprint density at radius 3 is 2.30 bits per heavy atom. The highest BCUT2D eigenvalue weighted by atomic mass is 35.5. The highest BCUT2D eigenvalue weighted by Crippen LogP contribution is 2.42. The molecule has 0 aliphatic carbocycles. The van der Waals surface area contributed by atoms with Crippen molar-refractivity contribution in [1.82, 2.24) is 5.32 Å². The van der Waals surface area contributed by atoms with Gasteiger partial charge in [-0.3, -0.25) is 9.10 Å². The molecule has 2 atom stereocenters. The van der Waals surface area contributed by atoms with Crippen LogP contribution in [0.5, 0.6) is 5.75 Å². The smallest absolute Gasteiger partial charge is 0.244 e. The van der Waals surface area contributed by atoms with E-state index in [0.717, 1.165) is 34.7 Å². The standard InChI is InChI=1S/C24H30Cl2N2O4S/c1-5-21(28(33(4,30)31)18-13-16(25)12-17(26)14-18)23(29)27-20-15-24(6-2,7-3)32-22-11-9-8-10-19(20)22/h8-14,20-21H,5-7,15H2,1-4H3,(H,27,29)/t20-,21+/m0/s1. The van der Waals surface area contributed by atoms with Gasteiger partial charge in [0, 0.05) is 22.0 Å². The highest BCUT2D eigenvalue weighted by Gasteiger charge is 2.40. The summed E-state index contributed by atoms with van der Waals surface area (Å²) in [6.45, 7) is 5.91. The van der Waals surface area contributed by atoms with E-state index in [1.165, 1.54) is 18.2 Å². The van der Waals surface area contributed by atoms with Crippen LogP contribution in [0.1, 0.15) is 58.1 Å². The molecule has 1 heterocycles. The Labute approximate surface area is 206 Å². The summed E-state index contributed by atoms with van der Waals surface area (Å²) in [5.74, 6) is 0.356. The number of para-hydroxylation sites is 1. The van der Waals surface area contributed by atoms with Gasteiger partial charge in [-0.25, -0.2) is 8.42 Å². The number of fused-ring (bicyclic) bond motifs is 1. The second-order valence-electron chi connectivity index (χ2n) is 8.41. The molecule has 0 spiro atoms. The predicted molar refractivity (Wildman–Crippen MR) is 134 cm³/mol. The van der Waals surface area contributed by atoms with Crippen LogP contribution in [0, 0.1) is 0 Å². The van der Waals surface area contributed by atoms with E-state index in [0.29, 0.717) is 6.42 Å². The van der Waals surface area contributed by atoms with E-state index < -0.39 is 21.7 Å². The number of carbonyl (C=O) groups is 1. The quantitative estimate of drug-likeness (QED) is 0.489. The minimum Gasteiger partial charge on any atom is -0.487 e. The summed E-state index contributed by atoms with van der Waals surface area (Å²) < 4.78 is 33.0. The van der Waals surface area contributed by atoms with Crippen molar-refractivity contribution in [1.29, 1.82) is 0 Å². The van der Waals surface area contributed by atoms with Crippen LogP contribution in [0.15, 0.2) is 42.5 Å². The summed E-state index contributed by atoms with van der Waals surface area (Å²) in [4.78, 5) is 13.5. The molecule has 0 radical (unpaired) electrons. The van der Waals surface area contributed by atoms with E-state index in [1.54, 1.807) is 6.92 Å². The first-order valence-electron chi connectivity index (χ1n) is 11.1. The lowest BCUT2D eigenvalue weighted by Gasteiger charge is -2.42. The average molecular weight is 513 g/mol. The summed E-state index contributed by atoms with van der Waals surface area (Å²) in [6, 6.07) is 10.9. The molecule has 2 aromatic rings. The third-order valence-electron chi connectivity index (χ3n) is 6.23. The van der Waals surface area contributed by atoms with Crippen molar-refractivity contribution >= 4 is 44.8 Å². The molecule has 0 aromatic heterocycles. The molecule has 2 aromatic carbocycles. The Balaban J connectivity index is 1.98. The van der Waals surface area contributed by atoms with Gasteiger partial charge in [0.15, 0.2) is 0 Å². The number of hydrogen-bond acceptors (Lipinski definition) is 4. The van der Waals surface area contributed by atoms with Gasteiger partial charge in [-0.15, -0.1) is 0 Å². The van der Waals surface area contributed by atoms with Crippen LogP contribution in [-0.2, 0) is 14.8 Å². The number of carbonyl (C=O) groups excluding carboxylic acids is 1. The molecule has 0 bridgehead atoms. The molecule has 0 saturated carbocycles.